The van der Waals surface area contributed by atoms with Crippen molar-refractivity contribution < 1.29 is 4.79 Å². The summed E-state index contributed by atoms with van der Waals surface area (Å²) in [6, 6.07) is 0. The number of allylic oxidation sites excluding steroid dienone is 2. The molecular weight excluding hydrogens is 172 g/mol. The molecular formula is C13H22O. The van der Waals surface area contributed by atoms with Crippen LogP contribution in [0.25, 0.3) is 0 Å². The molecule has 0 aromatic carbocycles. The van der Waals surface area contributed by atoms with Gasteiger partial charge < -0.3 is 0 Å². The Morgan fingerprint density at radius 1 is 1.00 bits per heavy atom. The first kappa shape index (κ1) is 11.5. The van der Waals surface area contributed by atoms with E-state index < -0.39 is 0 Å². The molecule has 0 bridgehead atoms. The van der Waals surface area contributed by atoms with Crippen LogP contribution in [0.15, 0.2) is 11.1 Å². The number of rotatable bonds is 2. The lowest BCUT2D eigenvalue weighted by atomic mass is 9.91. The topological polar surface area (TPSA) is 17.1 Å². The Morgan fingerprint density at radius 3 is 2.00 bits per heavy atom. The van der Waals surface area contributed by atoms with E-state index in [2.05, 4.69) is 6.92 Å². The van der Waals surface area contributed by atoms with Crippen LogP contribution in [-0.4, -0.2) is 5.78 Å². The molecule has 1 rings (SSSR count). The molecule has 0 amide bonds. The molecule has 0 heterocycles. The molecule has 0 aromatic rings. The van der Waals surface area contributed by atoms with Crippen molar-refractivity contribution in [3.8, 4) is 0 Å². The van der Waals surface area contributed by atoms with Gasteiger partial charge >= 0.3 is 0 Å². The number of hydrogen-bond acceptors (Lipinski definition) is 1. The van der Waals surface area contributed by atoms with Crippen molar-refractivity contribution in [3.63, 3.8) is 0 Å². The molecule has 0 spiro atoms. The van der Waals surface area contributed by atoms with E-state index in [1.165, 1.54) is 50.5 Å². The van der Waals surface area contributed by atoms with Gasteiger partial charge in [0.1, 0.15) is 5.78 Å². The Labute approximate surface area is 87.6 Å². The Bertz CT molecular complexity index is 215. The maximum Gasteiger partial charge on any atom is 0.133 e. The highest BCUT2D eigenvalue weighted by atomic mass is 16.1. The Hall–Kier alpha value is -0.590. The summed E-state index contributed by atoms with van der Waals surface area (Å²) in [5.74, 6) is 0.303. The molecule has 0 atom stereocenters. The van der Waals surface area contributed by atoms with Gasteiger partial charge in [-0.2, -0.15) is 0 Å². The predicted octanol–water partition coefficient (Wildman–Crippen LogP) is 4.03. The van der Waals surface area contributed by atoms with E-state index in [4.69, 9.17) is 0 Å². The minimum absolute atomic E-state index is 0.303. The van der Waals surface area contributed by atoms with Crippen molar-refractivity contribution in [1.82, 2.24) is 0 Å². The molecule has 0 saturated heterocycles. The quantitative estimate of drug-likeness (QED) is 0.607. The van der Waals surface area contributed by atoms with Crippen LogP contribution in [0.1, 0.15) is 65.2 Å². The molecule has 0 aliphatic heterocycles. The fourth-order valence-corrected chi connectivity index (χ4v) is 2.26. The Morgan fingerprint density at radius 2 is 1.50 bits per heavy atom. The van der Waals surface area contributed by atoms with Crippen molar-refractivity contribution in [2.24, 2.45) is 0 Å². The highest BCUT2D eigenvalue weighted by molar-refractivity contribution is 5.78. The summed E-state index contributed by atoms with van der Waals surface area (Å²) >= 11 is 0. The smallest absolute Gasteiger partial charge is 0.133 e. The zero-order valence-electron chi connectivity index (χ0n) is 9.57. The lowest BCUT2D eigenvalue weighted by Gasteiger charge is -2.14. The zero-order valence-corrected chi connectivity index (χ0v) is 9.57. The van der Waals surface area contributed by atoms with Gasteiger partial charge in [-0.1, -0.05) is 30.4 Å². The van der Waals surface area contributed by atoms with Crippen molar-refractivity contribution in [3.05, 3.63) is 11.1 Å². The first-order chi connectivity index (χ1) is 6.70. The van der Waals surface area contributed by atoms with Gasteiger partial charge in [0.15, 0.2) is 0 Å². The number of Topliss-reactive ketones (excluding diaryl/α,β-unsaturated/α-hetero) is 1. The first-order valence-electron chi connectivity index (χ1n) is 5.87. The van der Waals surface area contributed by atoms with Crippen LogP contribution in [0, 0.1) is 0 Å². The lowest BCUT2D eigenvalue weighted by molar-refractivity contribution is -0.116. The van der Waals surface area contributed by atoms with E-state index >= 15 is 0 Å². The van der Waals surface area contributed by atoms with Gasteiger partial charge in [0.25, 0.3) is 0 Å². The SMILES string of the molecule is CC(=O)CC(C)=C1CCCCCCC1. The summed E-state index contributed by atoms with van der Waals surface area (Å²) in [6.07, 6.45) is 9.94. The first-order valence-corrected chi connectivity index (χ1v) is 5.87. The van der Waals surface area contributed by atoms with Gasteiger partial charge in [0, 0.05) is 6.42 Å². The number of hydrogen-bond donors (Lipinski definition) is 0. The van der Waals surface area contributed by atoms with E-state index in [1.807, 2.05) is 0 Å². The molecule has 0 unspecified atom stereocenters. The van der Waals surface area contributed by atoms with Gasteiger partial charge in [-0.05, 0) is 39.5 Å². The van der Waals surface area contributed by atoms with E-state index in [-0.39, 0.29) is 0 Å². The molecule has 0 radical (unpaired) electrons. The molecule has 0 aromatic heterocycles. The van der Waals surface area contributed by atoms with Crippen molar-refractivity contribution in [1.29, 1.82) is 0 Å². The maximum atomic E-state index is 11.0. The fraction of sp³-hybridized carbons (Fsp3) is 0.769. The van der Waals surface area contributed by atoms with Crippen LogP contribution in [0.2, 0.25) is 0 Å². The normalized spacial score (nSPS) is 18.6. The van der Waals surface area contributed by atoms with Crippen LogP contribution in [0.3, 0.4) is 0 Å². The van der Waals surface area contributed by atoms with Gasteiger partial charge in [0.2, 0.25) is 0 Å². The zero-order chi connectivity index (χ0) is 10.4. The van der Waals surface area contributed by atoms with Crippen LogP contribution in [-0.2, 0) is 4.79 Å². The van der Waals surface area contributed by atoms with Gasteiger partial charge in [-0.25, -0.2) is 0 Å². The molecule has 1 nitrogen and oxygen atoms in total. The molecule has 1 saturated carbocycles. The molecule has 1 aliphatic carbocycles. The summed E-state index contributed by atoms with van der Waals surface area (Å²) in [4.78, 5) is 11.0. The number of ketones is 1. The monoisotopic (exact) mass is 194 g/mol. The molecule has 80 valence electrons. The molecule has 1 heteroatoms. The molecule has 0 N–H and O–H groups in total. The average molecular weight is 194 g/mol. The van der Waals surface area contributed by atoms with E-state index in [0.717, 1.165) is 0 Å². The van der Waals surface area contributed by atoms with Gasteiger partial charge in [-0.3, -0.25) is 4.79 Å². The molecule has 14 heavy (non-hydrogen) atoms. The van der Waals surface area contributed by atoms with Gasteiger partial charge in [0.05, 0.1) is 0 Å². The van der Waals surface area contributed by atoms with Crippen LogP contribution in [0.4, 0.5) is 0 Å². The van der Waals surface area contributed by atoms with Crippen molar-refractivity contribution in [2.75, 3.05) is 0 Å². The summed E-state index contributed by atoms with van der Waals surface area (Å²) in [7, 11) is 0. The minimum Gasteiger partial charge on any atom is -0.300 e. The summed E-state index contributed by atoms with van der Waals surface area (Å²) < 4.78 is 0. The standard InChI is InChI=1S/C13H22O/c1-11(10-12(2)14)13-8-6-4-3-5-7-9-13/h3-10H2,1-2H3. The second-order valence-corrected chi connectivity index (χ2v) is 4.53. The summed E-state index contributed by atoms with van der Waals surface area (Å²) in [5, 5.41) is 0. The number of carbonyl (C=O) groups is 1. The highest BCUT2D eigenvalue weighted by Crippen LogP contribution is 2.25. The summed E-state index contributed by atoms with van der Waals surface area (Å²) in [5.41, 5.74) is 2.92. The van der Waals surface area contributed by atoms with Crippen LogP contribution >= 0.6 is 0 Å². The third-order valence-corrected chi connectivity index (χ3v) is 3.07. The molecule has 1 fully saturated rings. The third kappa shape index (κ3) is 4.08. The Balaban J connectivity index is 2.56. The fourth-order valence-electron chi connectivity index (χ4n) is 2.26. The highest BCUT2D eigenvalue weighted by Gasteiger charge is 2.07. The van der Waals surface area contributed by atoms with Gasteiger partial charge in [-0.15, -0.1) is 0 Å². The van der Waals surface area contributed by atoms with E-state index in [1.54, 1.807) is 12.5 Å². The minimum atomic E-state index is 0.303. The summed E-state index contributed by atoms with van der Waals surface area (Å²) in [6.45, 7) is 3.82. The van der Waals surface area contributed by atoms with Crippen molar-refractivity contribution in [2.45, 2.75) is 65.2 Å². The third-order valence-electron chi connectivity index (χ3n) is 3.07. The van der Waals surface area contributed by atoms with Crippen LogP contribution < -0.4 is 0 Å². The second kappa shape index (κ2) is 6.00. The van der Waals surface area contributed by atoms with E-state index in [9.17, 15) is 4.79 Å². The Kier molecular flexibility index (Phi) is 4.92. The van der Waals surface area contributed by atoms with E-state index in [0.29, 0.717) is 12.2 Å². The largest absolute Gasteiger partial charge is 0.300 e. The maximum absolute atomic E-state index is 11.0. The molecule has 1 aliphatic rings. The second-order valence-electron chi connectivity index (χ2n) is 4.53. The predicted molar refractivity (Wildman–Crippen MR) is 60.3 cm³/mol. The number of carbonyl (C=O) groups excluding carboxylic acids is 1. The van der Waals surface area contributed by atoms with Crippen molar-refractivity contribution >= 4 is 5.78 Å². The lowest BCUT2D eigenvalue weighted by Crippen LogP contribution is -1.98. The average Bonchev–Trinajstić information content (AvgIpc) is 2.00. The van der Waals surface area contributed by atoms with Crippen LogP contribution in [0.5, 0.6) is 0 Å².